The molecular weight excluding hydrogens is 427 g/mol. The summed E-state index contributed by atoms with van der Waals surface area (Å²) in [6.45, 7) is 3.76. The molecule has 1 aromatic carbocycles. The highest BCUT2D eigenvalue weighted by Gasteiger charge is 2.30. The quantitative estimate of drug-likeness (QED) is 0.393. The lowest BCUT2D eigenvalue weighted by atomic mass is 10.1. The summed E-state index contributed by atoms with van der Waals surface area (Å²) in [6, 6.07) is 4.75. The van der Waals surface area contributed by atoms with Gasteiger partial charge < -0.3 is 8.94 Å². The second-order valence-corrected chi connectivity index (χ2v) is 8.03. The molecule has 4 rings (SSSR count). The van der Waals surface area contributed by atoms with Crippen LogP contribution in [0, 0.1) is 13.8 Å². The van der Waals surface area contributed by atoms with Gasteiger partial charge in [0.2, 0.25) is 11.7 Å². The Kier molecular flexibility index (Phi) is 5.13. The van der Waals surface area contributed by atoms with Crippen molar-refractivity contribution in [1.82, 2.24) is 25.3 Å². The number of rotatable bonds is 5. The van der Waals surface area contributed by atoms with Gasteiger partial charge in [-0.1, -0.05) is 29.1 Å². The minimum absolute atomic E-state index is 0.0775. The maximum Gasteiger partial charge on any atom is 0.416 e. The summed E-state index contributed by atoms with van der Waals surface area (Å²) in [5.74, 6) is 0.917. The van der Waals surface area contributed by atoms with Crippen LogP contribution in [0.3, 0.4) is 0 Å². The normalized spacial score (nSPS) is 11.9. The topological polar surface area (TPSA) is 90.7 Å². The number of thioether (sulfide) groups is 1. The van der Waals surface area contributed by atoms with Crippen LogP contribution >= 0.6 is 23.1 Å². The molecule has 12 heteroatoms. The molecule has 0 spiro atoms. The molecule has 29 heavy (non-hydrogen) atoms. The molecule has 0 N–H and O–H groups in total. The average Bonchev–Trinajstić information content (AvgIpc) is 3.39. The zero-order valence-corrected chi connectivity index (χ0v) is 16.7. The van der Waals surface area contributed by atoms with E-state index in [1.165, 1.54) is 35.2 Å². The molecular formula is C17H12F3N5O2S2. The third kappa shape index (κ3) is 4.32. The van der Waals surface area contributed by atoms with E-state index < -0.39 is 11.7 Å². The number of thiazole rings is 1. The van der Waals surface area contributed by atoms with E-state index in [0.717, 1.165) is 27.7 Å². The summed E-state index contributed by atoms with van der Waals surface area (Å²) in [7, 11) is 0. The Morgan fingerprint density at radius 3 is 2.69 bits per heavy atom. The van der Waals surface area contributed by atoms with Crippen LogP contribution in [0.5, 0.6) is 0 Å². The van der Waals surface area contributed by atoms with Crippen LogP contribution in [0.25, 0.3) is 22.2 Å². The van der Waals surface area contributed by atoms with Crippen molar-refractivity contribution in [3.63, 3.8) is 0 Å². The first-order valence-electron chi connectivity index (χ1n) is 8.20. The predicted molar refractivity (Wildman–Crippen MR) is 99.2 cm³/mol. The zero-order valence-electron chi connectivity index (χ0n) is 15.0. The van der Waals surface area contributed by atoms with Gasteiger partial charge in [0.1, 0.15) is 4.88 Å². The van der Waals surface area contributed by atoms with E-state index in [9.17, 15) is 13.2 Å². The Hall–Kier alpha value is -2.73. The number of alkyl halides is 3. The van der Waals surface area contributed by atoms with Gasteiger partial charge in [0.15, 0.2) is 0 Å². The Balaban J connectivity index is 1.45. The lowest BCUT2D eigenvalue weighted by molar-refractivity contribution is -0.137. The first-order chi connectivity index (χ1) is 13.8. The number of nitrogens with zero attached hydrogens (tertiary/aromatic N) is 5. The molecule has 7 nitrogen and oxygen atoms in total. The van der Waals surface area contributed by atoms with Crippen molar-refractivity contribution in [2.75, 3.05) is 0 Å². The van der Waals surface area contributed by atoms with Crippen LogP contribution in [0.15, 0.2) is 38.4 Å². The monoisotopic (exact) mass is 439 g/mol. The summed E-state index contributed by atoms with van der Waals surface area (Å²) in [5, 5.41) is 12.9. The average molecular weight is 439 g/mol. The maximum absolute atomic E-state index is 12.9. The van der Waals surface area contributed by atoms with Crippen LogP contribution < -0.4 is 0 Å². The van der Waals surface area contributed by atoms with Gasteiger partial charge in [-0.2, -0.15) is 18.2 Å². The van der Waals surface area contributed by atoms with Crippen molar-refractivity contribution in [2.24, 2.45) is 0 Å². The van der Waals surface area contributed by atoms with Crippen LogP contribution in [0.4, 0.5) is 13.2 Å². The molecule has 0 aliphatic rings. The molecule has 0 unspecified atom stereocenters. The standard InChI is InChI=1S/C17H12F3N5O2S2/c1-8-13(29-9(2)21-8)15-23-24-16(26-15)28-7-12-22-14(25-27-12)10-4-3-5-11(6-10)17(18,19)20/h3-6H,7H2,1-2H3. The molecule has 0 aliphatic heterocycles. The van der Waals surface area contributed by atoms with E-state index in [2.05, 4.69) is 25.3 Å². The second kappa shape index (κ2) is 7.59. The second-order valence-electron chi connectivity index (χ2n) is 5.90. The number of aromatic nitrogens is 5. The fourth-order valence-electron chi connectivity index (χ4n) is 2.48. The number of halogens is 3. The van der Waals surface area contributed by atoms with E-state index in [1.54, 1.807) is 0 Å². The molecule has 150 valence electrons. The van der Waals surface area contributed by atoms with Crippen LogP contribution in [0.2, 0.25) is 0 Å². The van der Waals surface area contributed by atoms with E-state index in [-0.39, 0.29) is 23.0 Å². The first-order valence-corrected chi connectivity index (χ1v) is 10.0. The van der Waals surface area contributed by atoms with E-state index in [4.69, 9.17) is 8.94 Å². The van der Waals surface area contributed by atoms with E-state index >= 15 is 0 Å². The lowest BCUT2D eigenvalue weighted by Gasteiger charge is -2.06. The highest BCUT2D eigenvalue weighted by Crippen LogP contribution is 2.33. The first kappa shape index (κ1) is 19.6. The summed E-state index contributed by atoms with van der Waals surface area (Å²) in [4.78, 5) is 9.27. The Morgan fingerprint density at radius 1 is 1.14 bits per heavy atom. The summed E-state index contributed by atoms with van der Waals surface area (Å²) >= 11 is 2.65. The Labute approximate surface area is 170 Å². The van der Waals surface area contributed by atoms with Gasteiger partial charge in [-0.05, 0) is 26.0 Å². The third-order valence-electron chi connectivity index (χ3n) is 3.74. The molecule has 0 bridgehead atoms. The summed E-state index contributed by atoms with van der Waals surface area (Å²) in [5.41, 5.74) is 0.258. The van der Waals surface area contributed by atoms with Gasteiger partial charge in [-0.15, -0.1) is 21.5 Å². The van der Waals surface area contributed by atoms with Crippen molar-refractivity contribution >= 4 is 23.1 Å². The number of hydrogen-bond acceptors (Lipinski definition) is 9. The third-order valence-corrected chi connectivity index (χ3v) is 5.60. The smallest absolute Gasteiger partial charge is 0.410 e. The molecule has 0 amide bonds. The molecule has 0 saturated carbocycles. The maximum atomic E-state index is 12.9. The van der Waals surface area contributed by atoms with Crippen molar-refractivity contribution in [3.05, 3.63) is 46.4 Å². The molecule has 3 heterocycles. The molecule has 0 radical (unpaired) electrons. The van der Waals surface area contributed by atoms with Crippen molar-refractivity contribution in [1.29, 1.82) is 0 Å². The highest BCUT2D eigenvalue weighted by atomic mass is 32.2. The summed E-state index contributed by atoms with van der Waals surface area (Å²) in [6.07, 6.45) is -4.44. The van der Waals surface area contributed by atoms with E-state index in [0.29, 0.717) is 11.1 Å². The van der Waals surface area contributed by atoms with Crippen molar-refractivity contribution < 1.29 is 22.1 Å². The van der Waals surface area contributed by atoms with Crippen molar-refractivity contribution in [3.8, 4) is 22.2 Å². The Bertz CT molecular complexity index is 1150. The number of benzene rings is 1. The largest absolute Gasteiger partial charge is 0.416 e. The molecule has 0 atom stereocenters. The van der Waals surface area contributed by atoms with Crippen molar-refractivity contribution in [2.45, 2.75) is 31.0 Å². The molecule has 0 saturated heterocycles. The summed E-state index contributed by atoms with van der Waals surface area (Å²) < 4.78 is 49.3. The van der Waals surface area contributed by atoms with Gasteiger partial charge in [0.05, 0.1) is 22.0 Å². The van der Waals surface area contributed by atoms with Crippen LogP contribution in [0.1, 0.15) is 22.2 Å². The zero-order chi connectivity index (χ0) is 20.6. The predicted octanol–water partition coefficient (Wildman–Crippen LogP) is 5.17. The van der Waals surface area contributed by atoms with Gasteiger partial charge in [-0.25, -0.2) is 4.98 Å². The fraction of sp³-hybridized carbons (Fsp3) is 0.235. The minimum atomic E-state index is -4.44. The van der Waals surface area contributed by atoms with E-state index in [1.807, 2.05) is 13.8 Å². The molecule has 4 aromatic rings. The fourth-order valence-corrected chi connectivity index (χ4v) is 3.92. The SMILES string of the molecule is Cc1nc(C)c(-c2nnc(SCc3nc(-c4cccc(C(F)(F)F)c4)no3)o2)s1. The van der Waals surface area contributed by atoms with Gasteiger partial charge in [-0.3, -0.25) is 0 Å². The molecule has 0 fully saturated rings. The minimum Gasteiger partial charge on any atom is -0.410 e. The Morgan fingerprint density at radius 2 is 1.97 bits per heavy atom. The van der Waals surface area contributed by atoms with Gasteiger partial charge in [0.25, 0.3) is 11.1 Å². The molecule has 0 aliphatic carbocycles. The van der Waals surface area contributed by atoms with Gasteiger partial charge in [0, 0.05) is 5.56 Å². The van der Waals surface area contributed by atoms with Crippen LogP contribution in [-0.2, 0) is 11.9 Å². The van der Waals surface area contributed by atoms with Gasteiger partial charge >= 0.3 is 6.18 Å². The number of aryl methyl sites for hydroxylation is 2. The van der Waals surface area contributed by atoms with Crippen LogP contribution in [-0.4, -0.2) is 25.3 Å². The molecule has 3 aromatic heterocycles. The highest BCUT2D eigenvalue weighted by molar-refractivity contribution is 7.98. The number of hydrogen-bond donors (Lipinski definition) is 0. The lowest BCUT2D eigenvalue weighted by Crippen LogP contribution is -2.04.